The Balaban J connectivity index is 1.53. The summed E-state index contributed by atoms with van der Waals surface area (Å²) < 4.78 is 87.5. The summed E-state index contributed by atoms with van der Waals surface area (Å²) in [5.74, 6) is -2.87. The molecule has 8 nitrogen and oxygen atoms in total. The standard InChI is InChI=1S/C30H34F4N6O2S/c1-16(2)40-29-21(18-8-10-19(11-9-18)36-14-17(3)31)15-37-30(35)27(29)28(38-40)20-12-24(34)25(13-23(20)33)39-43(41,42)26-7-5-4-6-22(26)32/h4-7,12-13,15-19,36,39H,8-11,14H2,1-3H3,(H2,35,37)/t17-,18?,19?/m1/s1. The highest BCUT2D eigenvalue weighted by Gasteiger charge is 2.30. The van der Waals surface area contributed by atoms with Crippen LogP contribution >= 0.6 is 0 Å². The van der Waals surface area contributed by atoms with Crippen molar-refractivity contribution in [2.45, 2.75) is 75.5 Å². The molecule has 1 aliphatic rings. The van der Waals surface area contributed by atoms with Gasteiger partial charge in [0.1, 0.15) is 40.0 Å². The van der Waals surface area contributed by atoms with Gasteiger partial charge in [-0.15, -0.1) is 0 Å². The molecule has 0 aliphatic heterocycles. The van der Waals surface area contributed by atoms with Gasteiger partial charge in [-0.3, -0.25) is 9.40 Å². The lowest BCUT2D eigenvalue weighted by Gasteiger charge is -2.30. The Kier molecular flexibility index (Phi) is 8.66. The number of nitrogen functional groups attached to an aromatic ring is 1. The van der Waals surface area contributed by atoms with E-state index >= 15 is 8.78 Å². The predicted molar refractivity (Wildman–Crippen MR) is 158 cm³/mol. The van der Waals surface area contributed by atoms with E-state index in [1.54, 1.807) is 10.9 Å². The third kappa shape index (κ3) is 6.19. The Morgan fingerprint density at radius 2 is 1.72 bits per heavy atom. The highest BCUT2D eigenvalue weighted by atomic mass is 32.2. The zero-order chi connectivity index (χ0) is 31.1. The molecule has 2 aromatic heterocycles. The number of nitrogens with one attached hydrogen (secondary N) is 2. The van der Waals surface area contributed by atoms with Gasteiger partial charge in [0.05, 0.1) is 16.6 Å². The van der Waals surface area contributed by atoms with Crippen LogP contribution in [0.2, 0.25) is 0 Å². The Morgan fingerprint density at radius 3 is 2.37 bits per heavy atom. The van der Waals surface area contributed by atoms with Crippen LogP contribution in [0, 0.1) is 17.5 Å². The summed E-state index contributed by atoms with van der Waals surface area (Å²) in [6.07, 6.45) is 4.10. The molecule has 0 bridgehead atoms. The monoisotopic (exact) mass is 618 g/mol. The molecular weight excluding hydrogens is 584 g/mol. The van der Waals surface area contributed by atoms with Crippen LogP contribution in [-0.2, 0) is 10.0 Å². The maximum atomic E-state index is 15.7. The van der Waals surface area contributed by atoms with Gasteiger partial charge < -0.3 is 11.1 Å². The van der Waals surface area contributed by atoms with Crippen molar-refractivity contribution in [2.24, 2.45) is 0 Å². The average Bonchev–Trinajstić information content (AvgIpc) is 3.36. The number of aromatic nitrogens is 3. The summed E-state index contributed by atoms with van der Waals surface area (Å²) in [6, 6.07) is 6.19. The van der Waals surface area contributed by atoms with E-state index < -0.39 is 44.2 Å². The van der Waals surface area contributed by atoms with E-state index in [4.69, 9.17) is 5.73 Å². The largest absolute Gasteiger partial charge is 0.383 e. The van der Waals surface area contributed by atoms with Crippen molar-refractivity contribution >= 4 is 32.4 Å². The van der Waals surface area contributed by atoms with Crippen molar-refractivity contribution < 1.29 is 26.0 Å². The molecular formula is C30H34F4N6O2S. The number of sulfonamides is 1. The van der Waals surface area contributed by atoms with Crippen LogP contribution in [0.3, 0.4) is 0 Å². The molecule has 0 amide bonds. The first-order chi connectivity index (χ1) is 20.4. The zero-order valence-electron chi connectivity index (χ0n) is 24.0. The second-order valence-electron chi connectivity index (χ2n) is 11.3. The van der Waals surface area contributed by atoms with Crippen molar-refractivity contribution in [3.05, 3.63) is 65.6 Å². The first kappa shape index (κ1) is 30.7. The molecule has 1 aliphatic carbocycles. The minimum Gasteiger partial charge on any atom is -0.383 e. The van der Waals surface area contributed by atoms with Gasteiger partial charge in [-0.05, 0) is 76.1 Å². The molecule has 0 radical (unpaired) electrons. The molecule has 1 saturated carbocycles. The molecule has 5 rings (SSSR count). The van der Waals surface area contributed by atoms with E-state index in [2.05, 4.69) is 15.4 Å². The Hall–Kier alpha value is -3.71. The van der Waals surface area contributed by atoms with Gasteiger partial charge in [-0.2, -0.15) is 5.10 Å². The fraction of sp³-hybridized carbons (Fsp3) is 0.400. The van der Waals surface area contributed by atoms with Crippen LogP contribution < -0.4 is 15.8 Å². The first-order valence-corrected chi connectivity index (χ1v) is 15.7. The van der Waals surface area contributed by atoms with Crippen molar-refractivity contribution in [2.75, 3.05) is 17.0 Å². The van der Waals surface area contributed by atoms with Gasteiger partial charge in [0.25, 0.3) is 10.0 Å². The molecule has 0 spiro atoms. The molecule has 2 aromatic carbocycles. The molecule has 0 saturated heterocycles. The van der Waals surface area contributed by atoms with E-state index in [9.17, 15) is 17.2 Å². The Labute approximate surface area is 247 Å². The van der Waals surface area contributed by atoms with Crippen molar-refractivity contribution in [1.82, 2.24) is 20.1 Å². The van der Waals surface area contributed by atoms with Crippen molar-refractivity contribution in [3.63, 3.8) is 0 Å². The number of nitrogens with two attached hydrogens (primary N) is 1. The second-order valence-corrected chi connectivity index (χ2v) is 12.9. The molecule has 4 aromatic rings. The summed E-state index contributed by atoms with van der Waals surface area (Å²) in [6.45, 7) is 5.64. The van der Waals surface area contributed by atoms with Crippen LogP contribution in [0.1, 0.15) is 64.0 Å². The highest BCUT2D eigenvalue weighted by Crippen LogP contribution is 2.42. The number of rotatable bonds is 9. The summed E-state index contributed by atoms with van der Waals surface area (Å²) in [4.78, 5) is 3.70. The van der Waals surface area contributed by atoms with Crippen LogP contribution in [0.25, 0.3) is 22.2 Å². The number of hydrogen-bond donors (Lipinski definition) is 3. The maximum absolute atomic E-state index is 15.7. The van der Waals surface area contributed by atoms with Crippen molar-refractivity contribution in [3.8, 4) is 11.3 Å². The number of halogens is 4. The lowest BCUT2D eigenvalue weighted by Crippen LogP contribution is -2.36. The molecule has 230 valence electrons. The highest BCUT2D eigenvalue weighted by molar-refractivity contribution is 7.92. The number of alkyl halides is 1. The molecule has 43 heavy (non-hydrogen) atoms. The average molecular weight is 619 g/mol. The fourth-order valence-electron chi connectivity index (χ4n) is 5.69. The van der Waals surface area contributed by atoms with Gasteiger partial charge in [0, 0.05) is 36.5 Å². The van der Waals surface area contributed by atoms with E-state index in [1.807, 2.05) is 18.6 Å². The van der Waals surface area contributed by atoms with Gasteiger partial charge in [-0.25, -0.2) is 31.0 Å². The van der Waals surface area contributed by atoms with Crippen LogP contribution in [0.4, 0.5) is 29.1 Å². The van der Waals surface area contributed by atoms with Crippen LogP contribution in [0.5, 0.6) is 0 Å². The summed E-state index contributed by atoms with van der Waals surface area (Å²) in [5, 5.41) is 8.29. The third-order valence-electron chi connectivity index (χ3n) is 7.81. The van der Waals surface area contributed by atoms with E-state index in [1.165, 1.54) is 19.1 Å². The van der Waals surface area contributed by atoms with Gasteiger partial charge in [0.2, 0.25) is 0 Å². The lowest BCUT2D eigenvalue weighted by atomic mass is 9.81. The SMILES string of the molecule is CC(C)n1nc(-c2cc(F)c(NS(=O)(=O)c3ccccc3F)cc2F)c2c(N)ncc(C3CCC(NC[C@@H](C)F)CC3)c21. The number of benzene rings is 2. The Bertz CT molecular complexity index is 1750. The van der Waals surface area contributed by atoms with Crippen LogP contribution in [0.15, 0.2) is 47.5 Å². The normalized spacial score (nSPS) is 18.3. The van der Waals surface area contributed by atoms with Crippen molar-refractivity contribution in [1.29, 1.82) is 0 Å². The minimum atomic E-state index is -4.54. The van der Waals surface area contributed by atoms with Gasteiger partial charge in [-0.1, -0.05) is 12.1 Å². The predicted octanol–water partition coefficient (Wildman–Crippen LogP) is 6.45. The smallest absolute Gasteiger partial charge is 0.264 e. The number of anilines is 2. The van der Waals surface area contributed by atoms with E-state index in [-0.39, 0.29) is 35.1 Å². The number of nitrogens with zero attached hydrogens (tertiary/aromatic N) is 3. The Morgan fingerprint density at radius 1 is 1.02 bits per heavy atom. The molecule has 13 heteroatoms. The third-order valence-corrected chi connectivity index (χ3v) is 9.21. The topological polar surface area (TPSA) is 115 Å². The van der Waals surface area contributed by atoms with Crippen LogP contribution in [-0.4, -0.2) is 41.9 Å². The molecule has 0 unspecified atom stereocenters. The summed E-state index contributed by atoms with van der Waals surface area (Å²) >= 11 is 0. The summed E-state index contributed by atoms with van der Waals surface area (Å²) in [7, 11) is -4.54. The van der Waals surface area contributed by atoms with E-state index in [0.717, 1.165) is 49.4 Å². The first-order valence-electron chi connectivity index (χ1n) is 14.2. The summed E-state index contributed by atoms with van der Waals surface area (Å²) in [5.41, 5.74) is 7.05. The number of hydrogen-bond acceptors (Lipinski definition) is 6. The van der Waals surface area contributed by atoms with E-state index in [0.29, 0.717) is 23.5 Å². The molecule has 2 heterocycles. The minimum absolute atomic E-state index is 0.0720. The maximum Gasteiger partial charge on any atom is 0.264 e. The number of fused-ring (bicyclic) bond motifs is 1. The quantitative estimate of drug-likeness (QED) is 0.186. The molecule has 1 atom stereocenters. The number of pyridine rings is 1. The molecule has 1 fully saturated rings. The lowest BCUT2D eigenvalue weighted by molar-refractivity contribution is 0.290. The second kappa shape index (κ2) is 12.1. The zero-order valence-corrected chi connectivity index (χ0v) is 24.9. The van der Waals surface area contributed by atoms with Gasteiger partial charge in [0.15, 0.2) is 0 Å². The van der Waals surface area contributed by atoms with Gasteiger partial charge >= 0.3 is 0 Å². The fourth-order valence-corrected chi connectivity index (χ4v) is 6.82. The molecule has 4 N–H and O–H groups in total.